The second-order valence-corrected chi connectivity index (χ2v) is 4.82. The Balaban J connectivity index is 2.06. The van der Waals surface area contributed by atoms with Crippen LogP contribution in [0.4, 0.5) is 18.9 Å². The summed E-state index contributed by atoms with van der Waals surface area (Å²) in [4.78, 5) is 8.19. The summed E-state index contributed by atoms with van der Waals surface area (Å²) in [6, 6.07) is 5.49. The van der Waals surface area contributed by atoms with Crippen molar-refractivity contribution in [3.05, 3.63) is 29.8 Å². The highest BCUT2D eigenvalue weighted by atomic mass is 19.4. The molecule has 1 aromatic carbocycles. The molecule has 0 radical (unpaired) electrons. The Kier molecular flexibility index (Phi) is 4.59. The van der Waals surface area contributed by atoms with Gasteiger partial charge in [0.25, 0.3) is 0 Å². The number of anilines is 1. The number of nitrogens with zero attached hydrogens (tertiary/aromatic N) is 3. The summed E-state index contributed by atoms with van der Waals surface area (Å²) >= 11 is 0. The predicted octanol–water partition coefficient (Wildman–Crippen LogP) is 2.03. The van der Waals surface area contributed by atoms with Crippen LogP contribution in [0.3, 0.4) is 0 Å². The maximum absolute atomic E-state index is 12.7. The van der Waals surface area contributed by atoms with Crippen LogP contribution < -0.4 is 10.2 Å². The molecule has 0 bridgehead atoms. The first kappa shape index (κ1) is 15.5. The van der Waals surface area contributed by atoms with Gasteiger partial charge in [0.1, 0.15) is 0 Å². The molecule has 0 amide bonds. The van der Waals surface area contributed by atoms with E-state index in [1.807, 2.05) is 11.9 Å². The minimum atomic E-state index is -4.30. The van der Waals surface area contributed by atoms with Gasteiger partial charge in [0.2, 0.25) is 0 Å². The highest BCUT2D eigenvalue weighted by Crippen LogP contribution is 2.31. The van der Waals surface area contributed by atoms with Crippen LogP contribution in [0, 0.1) is 0 Å². The van der Waals surface area contributed by atoms with Crippen molar-refractivity contribution in [2.24, 2.45) is 4.99 Å². The lowest BCUT2D eigenvalue weighted by molar-refractivity contribution is -0.137. The molecule has 21 heavy (non-hydrogen) atoms. The number of nitrogens with one attached hydrogen (secondary N) is 1. The molecule has 7 heteroatoms. The van der Waals surface area contributed by atoms with E-state index in [0.717, 1.165) is 25.1 Å². The average molecular weight is 300 g/mol. The summed E-state index contributed by atoms with van der Waals surface area (Å²) in [5.41, 5.74) is 0.0115. The van der Waals surface area contributed by atoms with Gasteiger partial charge in [-0.15, -0.1) is 0 Å². The largest absolute Gasteiger partial charge is 0.416 e. The first-order valence-corrected chi connectivity index (χ1v) is 6.77. The lowest BCUT2D eigenvalue weighted by atomic mass is 10.1. The normalized spacial score (nSPS) is 17.1. The SMILES string of the molecule is CN=C(NC)N1CCN(c2cccc(C(F)(F)F)c2)CC1. The Morgan fingerprint density at radius 2 is 1.86 bits per heavy atom. The fraction of sp³-hybridized carbons (Fsp3) is 0.500. The number of piperazine rings is 1. The molecule has 0 atom stereocenters. The predicted molar refractivity (Wildman–Crippen MR) is 77.6 cm³/mol. The van der Waals surface area contributed by atoms with Crippen LogP contribution in [0.2, 0.25) is 0 Å². The number of halogens is 3. The van der Waals surface area contributed by atoms with Gasteiger partial charge in [0, 0.05) is 46.0 Å². The van der Waals surface area contributed by atoms with E-state index in [0.29, 0.717) is 18.8 Å². The minimum Gasteiger partial charge on any atom is -0.368 e. The van der Waals surface area contributed by atoms with Gasteiger partial charge in [-0.25, -0.2) is 0 Å². The van der Waals surface area contributed by atoms with Gasteiger partial charge in [-0.3, -0.25) is 4.99 Å². The second kappa shape index (κ2) is 6.24. The zero-order chi connectivity index (χ0) is 15.5. The molecular formula is C14H19F3N4. The molecule has 0 aliphatic carbocycles. The Bertz CT molecular complexity index is 505. The quantitative estimate of drug-likeness (QED) is 0.636. The summed E-state index contributed by atoms with van der Waals surface area (Å²) in [7, 11) is 3.52. The van der Waals surface area contributed by atoms with Crippen LogP contribution in [-0.4, -0.2) is 51.1 Å². The summed E-state index contributed by atoms with van der Waals surface area (Å²) in [6.45, 7) is 2.79. The van der Waals surface area contributed by atoms with Gasteiger partial charge in [-0.05, 0) is 18.2 Å². The molecule has 2 rings (SSSR count). The third kappa shape index (κ3) is 3.59. The molecular weight excluding hydrogens is 281 g/mol. The number of guanidine groups is 1. The molecule has 4 nitrogen and oxygen atoms in total. The van der Waals surface area contributed by atoms with Crippen LogP contribution in [0.25, 0.3) is 0 Å². The van der Waals surface area contributed by atoms with E-state index < -0.39 is 11.7 Å². The Morgan fingerprint density at radius 1 is 1.19 bits per heavy atom. The molecule has 1 aliphatic rings. The zero-order valence-electron chi connectivity index (χ0n) is 12.1. The molecule has 0 aromatic heterocycles. The Labute approximate surface area is 122 Å². The summed E-state index contributed by atoms with van der Waals surface area (Å²) in [5.74, 6) is 0.804. The van der Waals surface area contributed by atoms with Gasteiger partial charge in [0.15, 0.2) is 5.96 Å². The molecule has 1 saturated heterocycles. The topological polar surface area (TPSA) is 30.9 Å². The third-order valence-electron chi connectivity index (χ3n) is 3.55. The van der Waals surface area contributed by atoms with Crippen molar-refractivity contribution in [2.75, 3.05) is 45.2 Å². The van der Waals surface area contributed by atoms with Crippen molar-refractivity contribution in [1.29, 1.82) is 0 Å². The van der Waals surface area contributed by atoms with Gasteiger partial charge >= 0.3 is 6.18 Å². The van der Waals surface area contributed by atoms with Crippen LogP contribution in [0.1, 0.15) is 5.56 Å². The molecule has 0 saturated carbocycles. The van der Waals surface area contributed by atoms with E-state index in [1.54, 1.807) is 13.1 Å². The molecule has 1 aliphatic heterocycles. The van der Waals surface area contributed by atoms with Crippen LogP contribution in [0.15, 0.2) is 29.3 Å². The summed E-state index contributed by atoms with van der Waals surface area (Å²) < 4.78 is 38.2. The lowest BCUT2D eigenvalue weighted by Gasteiger charge is -2.37. The number of alkyl halides is 3. The highest BCUT2D eigenvalue weighted by Gasteiger charge is 2.31. The van der Waals surface area contributed by atoms with E-state index in [1.165, 1.54) is 12.1 Å². The fourth-order valence-corrected chi connectivity index (χ4v) is 2.47. The third-order valence-corrected chi connectivity index (χ3v) is 3.55. The number of hydrogen-bond donors (Lipinski definition) is 1. The summed E-state index contributed by atoms with van der Waals surface area (Å²) in [5, 5.41) is 3.01. The van der Waals surface area contributed by atoms with Crippen molar-refractivity contribution in [2.45, 2.75) is 6.18 Å². The van der Waals surface area contributed by atoms with Crippen LogP contribution in [-0.2, 0) is 6.18 Å². The summed E-state index contributed by atoms with van der Waals surface area (Å²) in [6.07, 6.45) is -4.30. The van der Waals surface area contributed by atoms with Gasteiger partial charge < -0.3 is 15.1 Å². The zero-order valence-corrected chi connectivity index (χ0v) is 12.1. The number of rotatable bonds is 1. The van der Waals surface area contributed by atoms with Crippen LogP contribution >= 0.6 is 0 Å². The first-order valence-electron chi connectivity index (χ1n) is 6.77. The fourth-order valence-electron chi connectivity index (χ4n) is 2.47. The van der Waals surface area contributed by atoms with Crippen molar-refractivity contribution in [3.8, 4) is 0 Å². The van der Waals surface area contributed by atoms with E-state index >= 15 is 0 Å². The van der Waals surface area contributed by atoms with E-state index in [-0.39, 0.29) is 0 Å². The maximum atomic E-state index is 12.7. The lowest BCUT2D eigenvalue weighted by Crippen LogP contribution is -2.52. The monoisotopic (exact) mass is 300 g/mol. The molecule has 1 N–H and O–H groups in total. The minimum absolute atomic E-state index is 0.603. The Hall–Kier alpha value is -1.92. The van der Waals surface area contributed by atoms with E-state index in [4.69, 9.17) is 0 Å². The second-order valence-electron chi connectivity index (χ2n) is 4.82. The molecule has 1 fully saturated rings. The van der Waals surface area contributed by atoms with Gasteiger partial charge in [-0.2, -0.15) is 13.2 Å². The van der Waals surface area contributed by atoms with E-state index in [9.17, 15) is 13.2 Å². The number of aliphatic imine (C=N–C) groups is 1. The first-order chi connectivity index (χ1) is 9.95. The highest BCUT2D eigenvalue weighted by molar-refractivity contribution is 5.79. The van der Waals surface area contributed by atoms with Crippen molar-refractivity contribution >= 4 is 11.6 Å². The molecule has 116 valence electrons. The van der Waals surface area contributed by atoms with Gasteiger partial charge in [-0.1, -0.05) is 6.07 Å². The van der Waals surface area contributed by atoms with Crippen molar-refractivity contribution in [1.82, 2.24) is 10.2 Å². The molecule has 1 heterocycles. The maximum Gasteiger partial charge on any atom is 0.416 e. The molecule has 1 aromatic rings. The smallest absolute Gasteiger partial charge is 0.368 e. The molecule has 0 spiro atoms. The number of benzene rings is 1. The molecule has 0 unspecified atom stereocenters. The average Bonchev–Trinajstić information content (AvgIpc) is 2.48. The van der Waals surface area contributed by atoms with Gasteiger partial charge in [0.05, 0.1) is 5.56 Å². The van der Waals surface area contributed by atoms with Crippen LogP contribution in [0.5, 0.6) is 0 Å². The standard InChI is InChI=1S/C14H19F3N4/c1-18-13(19-2)21-8-6-20(7-9-21)12-5-3-4-11(10-12)14(15,16)17/h3-5,10H,6-9H2,1-2H3,(H,18,19). The Morgan fingerprint density at radius 3 is 2.38 bits per heavy atom. The number of hydrogen-bond acceptors (Lipinski definition) is 2. The van der Waals surface area contributed by atoms with Crippen molar-refractivity contribution in [3.63, 3.8) is 0 Å². The van der Waals surface area contributed by atoms with Crippen molar-refractivity contribution < 1.29 is 13.2 Å². The van der Waals surface area contributed by atoms with E-state index in [2.05, 4.69) is 15.2 Å².